The van der Waals surface area contributed by atoms with Crippen molar-refractivity contribution in [2.45, 2.75) is 40.2 Å². The maximum absolute atomic E-state index is 13.3. The number of hydrogen-bond donors (Lipinski definition) is 0. The summed E-state index contributed by atoms with van der Waals surface area (Å²) in [6, 6.07) is 17.6. The van der Waals surface area contributed by atoms with E-state index in [0.717, 1.165) is 19.2 Å². The molecule has 0 aliphatic heterocycles. The second-order valence-electron chi connectivity index (χ2n) is 8.69. The molecule has 0 atom stereocenters. The van der Waals surface area contributed by atoms with Gasteiger partial charge in [-0.15, -0.1) is 0 Å². The molecule has 0 spiro atoms. The standard InChI is InChI=1S/C28H27BrIN3O3/c1-5-35-25-13-20(12-23(30)26(25)36-16-19-8-6-7-18(4)11-19)15-31-33-27(17(2)3)32-24-10-9-21(29)14-22(24)28(33)34/h6-15,17H,5,16H2,1-4H3. The smallest absolute Gasteiger partial charge is 0.282 e. The summed E-state index contributed by atoms with van der Waals surface area (Å²) in [6.07, 6.45) is 1.66. The van der Waals surface area contributed by atoms with Gasteiger partial charge in [0.05, 0.1) is 27.3 Å². The minimum absolute atomic E-state index is 0.0133. The zero-order valence-corrected chi connectivity index (χ0v) is 24.3. The van der Waals surface area contributed by atoms with E-state index in [0.29, 0.717) is 41.4 Å². The van der Waals surface area contributed by atoms with E-state index in [1.807, 2.05) is 57.2 Å². The lowest BCUT2D eigenvalue weighted by Crippen LogP contribution is -2.23. The maximum Gasteiger partial charge on any atom is 0.282 e. The molecule has 0 saturated heterocycles. The normalized spacial score (nSPS) is 11.5. The number of benzene rings is 3. The van der Waals surface area contributed by atoms with Gasteiger partial charge in [-0.2, -0.15) is 9.78 Å². The van der Waals surface area contributed by atoms with Crippen LogP contribution in [0.5, 0.6) is 11.5 Å². The fraction of sp³-hybridized carbons (Fsp3) is 0.250. The van der Waals surface area contributed by atoms with Gasteiger partial charge in [0.2, 0.25) is 0 Å². The van der Waals surface area contributed by atoms with Crippen LogP contribution in [0.25, 0.3) is 10.9 Å². The van der Waals surface area contributed by atoms with Crippen LogP contribution in [0.1, 0.15) is 49.2 Å². The third-order valence-electron chi connectivity index (χ3n) is 5.47. The fourth-order valence-corrected chi connectivity index (χ4v) is 4.94. The van der Waals surface area contributed by atoms with E-state index in [2.05, 4.69) is 62.7 Å². The van der Waals surface area contributed by atoms with Gasteiger partial charge in [-0.25, -0.2) is 4.98 Å². The number of rotatable bonds is 8. The van der Waals surface area contributed by atoms with Crippen LogP contribution in [0.15, 0.2) is 69.0 Å². The Morgan fingerprint density at radius 1 is 1.14 bits per heavy atom. The Morgan fingerprint density at radius 2 is 1.94 bits per heavy atom. The van der Waals surface area contributed by atoms with Gasteiger partial charge in [0.15, 0.2) is 11.5 Å². The Kier molecular flexibility index (Phi) is 8.46. The molecule has 36 heavy (non-hydrogen) atoms. The second kappa shape index (κ2) is 11.6. The number of halogens is 2. The van der Waals surface area contributed by atoms with E-state index in [-0.39, 0.29) is 11.5 Å². The zero-order chi connectivity index (χ0) is 25.8. The number of aromatic nitrogens is 2. The van der Waals surface area contributed by atoms with Gasteiger partial charge >= 0.3 is 0 Å². The van der Waals surface area contributed by atoms with E-state index in [4.69, 9.17) is 14.5 Å². The van der Waals surface area contributed by atoms with Gasteiger partial charge in [-0.1, -0.05) is 59.6 Å². The predicted molar refractivity (Wildman–Crippen MR) is 157 cm³/mol. The van der Waals surface area contributed by atoms with Crippen LogP contribution in [0.2, 0.25) is 0 Å². The van der Waals surface area contributed by atoms with Gasteiger partial charge in [0, 0.05) is 10.4 Å². The average molecular weight is 660 g/mol. The van der Waals surface area contributed by atoms with Crippen LogP contribution in [0.4, 0.5) is 0 Å². The summed E-state index contributed by atoms with van der Waals surface area (Å²) in [7, 11) is 0. The molecular weight excluding hydrogens is 633 g/mol. The summed E-state index contributed by atoms with van der Waals surface area (Å²) < 4.78 is 15.2. The Hall–Kier alpha value is -2.72. The molecular formula is C28H27BrIN3O3. The highest BCUT2D eigenvalue weighted by atomic mass is 127. The third-order valence-corrected chi connectivity index (χ3v) is 6.76. The van der Waals surface area contributed by atoms with Gasteiger partial charge in [0.1, 0.15) is 12.4 Å². The van der Waals surface area contributed by atoms with E-state index in [9.17, 15) is 4.79 Å². The van der Waals surface area contributed by atoms with Gasteiger partial charge in [-0.3, -0.25) is 4.79 Å². The number of nitrogens with zero attached hydrogens (tertiary/aromatic N) is 3. The molecule has 0 amide bonds. The van der Waals surface area contributed by atoms with Crippen LogP contribution in [0.3, 0.4) is 0 Å². The number of fused-ring (bicyclic) bond motifs is 1. The van der Waals surface area contributed by atoms with Crippen molar-refractivity contribution in [3.8, 4) is 11.5 Å². The fourth-order valence-electron chi connectivity index (χ4n) is 3.80. The Labute approximate surface area is 232 Å². The molecule has 4 aromatic rings. The van der Waals surface area contributed by atoms with Crippen LogP contribution < -0.4 is 15.0 Å². The molecule has 0 saturated carbocycles. The summed E-state index contributed by atoms with van der Waals surface area (Å²) in [4.78, 5) is 18.0. The summed E-state index contributed by atoms with van der Waals surface area (Å²) in [6.45, 7) is 8.93. The lowest BCUT2D eigenvalue weighted by Gasteiger charge is -2.15. The molecule has 1 heterocycles. The van der Waals surface area contributed by atoms with Crippen LogP contribution in [0, 0.1) is 10.5 Å². The Morgan fingerprint density at radius 3 is 2.67 bits per heavy atom. The van der Waals surface area contributed by atoms with Crippen molar-refractivity contribution in [3.63, 3.8) is 0 Å². The summed E-state index contributed by atoms with van der Waals surface area (Å²) in [5.74, 6) is 1.94. The first-order valence-electron chi connectivity index (χ1n) is 11.7. The highest BCUT2D eigenvalue weighted by Gasteiger charge is 2.15. The van der Waals surface area contributed by atoms with Crippen molar-refractivity contribution in [2.75, 3.05) is 6.61 Å². The predicted octanol–water partition coefficient (Wildman–Crippen LogP) is 7.06. The van der Waals surface area contributed by atoms with E-state index in [1.165, 1.54) is 10.2 Å². The number of ether oxygens (including phenoxy) is 2. The van der Waals surface area contributed by atoms with Crippen molar-refractivity contribution in [2.24, 2.45) is 5.10 Å². The number of hydrogen-bond acceptors (Lipinski definition) is 5. The first-order valence-corrected chi connectivity index (χ1v) is 13.5. The molecule has 0 radical (unpaired) electrons. The largest absolute Gasteiger partial charge is 0.490 e. The summed E-state index contributed by atoms with van der Waals surface area (Å²) >= 11 is 5.68. The van der Waals surface area contributed by atoms with Crippen molar-refractivity contribution in [3.05, 3.63) is 95.5 Å². The van der Waals surface area contributed by atoms with Crippen molar-refractivity contribution < 1.29 is 9.47 Å². The van der Waals surface area contributed by atoms with Gasteiger partial charge < -0.3 is 9.47 Å². The van der Waals surface area contributed by atoms with Gasteiger partial charge in [-0.05, 0) is 77.9 Å². The van der Waals surface area contributed by atoms with Crippen molar-refractivity contribution in [1.82, 2.24) is 9.66 Å². The molecule has 0 unspecified atom stereocenters. The highest BCUT2D eigenvalue weighted by molar-refractivity contribution is 14.1. The van der Waals surface area contributed by atoms with Crippen LogP contribution >= 0.6 is 38.5 Å². The topological polar surface area (TPSA) is 65.7 Å². The molecule has 0 aliphatic carbocycles. The van der Waals surface area contributed by atoms with E-state index >= 15 is 0 Å². The first kappa shape index (κ1) is 26.3. The quantitative estimate of drug-likeness (QED) is 0.150. The summed E-state index contributed by atoms with van der Waals surface area (Å²) in [5.41, 5.74) is 3.52. The van der Waals surface area contributed by atoms with Crippen molar-refractivity contribution in [1.29, 1.82) is 0 Å². The highest BCUT2D eigenvalue weighted by Crippen LogP contribution is 2.34. The molecule has 186 valence electrons. The molecule has 0 N–H and O–H groups in total. The molecule has 3 aromatic carbocycles. The monoisotopic (exact) mass is 659 g/mol. The van der Waals surface area contributed by atoms with Gasteiger partial charge in [0.25, 0.3) is 5.56 Å². The first-order chi connectivity index (χ1) is 17.3. The molecule has 6 nitrogen and oxygen atoms in total. The lowest BCUT2D eigenvalue weighted by molar-refractivity contribution is 0.267. The Bertz CT molecular complexity index is 1500. The molecule has 0 bridgehead atoms. The minimum Gasteiger partial charge on any atom is -0.490 e. The van der Waals surface area contributed by atoms with E-state index < -0.39 is 0 Å². The van der Waals surface area contributed by atoms with E-state index in [1.54, 1.807) is 12.3 Å². The van der Waals surface area contributed by atoms with Crippen molar-refractivity contribution >= 4 is 55.6 Å². The second-order valence-corrected chi connectivity index (χ2v) is 10.8. The molecule has 0 fully saturated rings. The number of aryl methyl sites for hydroxylation is 1. The molecule has 4 rings (SSSR count). The minimum atomic E-state index is -0.209. The molecule has 0 aliphatic rings. The summed E-state index contributed by atoms with van der Waals surface area (Å²) in [5, 5.41) is 5.06. The third kappa shape index (κ3) is 5.98. The Balaban J connectivity index is 1.70. The molecule has 8 heteroatoms. The molecule has 1 aromatic heterocycles. The van der Waals surface area contributed by atoms with Crippen LogP contribution in [-0.2, 0) is 6.61 Å². The SMILES string of the molecule is CCOc1cc(C=Nn2c(C(C)C)nc3ccc(Br)cc3c2=O)cc(I)c1OCc1cccc(C)c1. The maximum atomic E-state index is 13.3. The zero-order valence-electron chi connectivity index (χ0n) is 20.6. The average Bonchev–Trinajstić information content (AvgIpc) is 2.83. The van der Waals surface area contributed by atoms with Crippen LogP contribution in [-0.4, -0.2) is 22.5 Å². The lowest BCUT2D eigenvalue weighted by atomic mass is 10.1.